The van der Waals surface area contributed by atoms with Gasteiger partial charge in [-0.1, -0.05) is 5.16 Å². The zero-order chi connectivity index (χ0) is 18.6. The van der Waals surface area contributed by atoms with Crippen LogP contribution in [0.25, 0.3) is 11.4 Å². The van der Waals surface area contributed by atoms with Gasteiger partial charge in [0.15, 0.2) is 0 Å². The number of rotatable bonds is 5. The van der Waals surface area contributed by atoms with Crippen LogP contribution in [0.2, 0.25) is 0 Å². The van der Waals surface area contributed by atoms with Crippen LogP contribution in [0.1, 0.15) is 58.3 Å². The number of pyridine rings is 1. The first-order valence-electron chi connectivity index (χ1n) is 8.02. The third-order valence-corrected chi connectivity index (χ3v) is 3.35. The maximum absolute atomic E-state index is 11.8. The molecule has 136 valence electrons. The molecule has 2 atom stereocenters. The fourth-order valence-electron chi connectivity index (χ4n) is 2.00. The van der Waals surface area contributed by atoms with Crippen LogP contribution < -0.4 is 5.32 Å². The number of aromatic nitrogens is 3. The van der Waals surface area contributed by atoms with Crippen LogP contribution in [0.5, 0.6) is 0 Å². The molecule has 1 amide bonds. The molecule has 2 aromatic heterocycles. The van der Waals surface area contributed by atoms with Crippen molar-refractivity contribution in [2.45, 2.75) is 52.4 Å². The molecule has 0 saturated heterocycles. The molecule has 1 N–H and O–H groups in total. The second-order valence-electron chi connectivity index (χ2n) is 6.67. The Bertz CT molecular complexity index is 723. The zero-order valence-electron chi connectivity index (χ0n) is 15.4. The monoisotopic (exact) mass is 348 g/mol. The highest BCUT2D eigenvalue weighted by atomic mass is 16.6. The Hall–Kier alpha value is -2.48. The summed E-state index contributed by atoms with van der Waals surface area (Å²) >= 11 is 0. The van der Waals surface area contributed by atoms with Crippen molar-refractivity contribution in [1.29, 1.82) is 0 Å². The van der Waals surface area contributed by atoms with E-state index in [1.807, 2.05) is 13.0 Å². The smallest absolute Gasteiger partial charge is 0.408 e. The van der Waals surface area contributed by atoms with E-state index >= 15 is 0 Å². The molecule has 25 heavy (non-hydrogen) atoms. The molecule has 0 unspecified atom stereocenters. The minimum atomic E-state index is -0.574. The maximum atomic E-state index is 11.8. The standard InChI is InChI=1S/C17H24N4O4/c1-10(19-16(22)24-17(3,4)5)15-20-14(21-25-15)12-7-8-18-13(9-12)11(2)23-6/h7-11H,1-6H3,(H,19,22)/t10-,11-/m0/s1. The summed E-state index contributed by atoms with van der Waals surface area (Å²) in [6.07, 6.45) is 0.984. The second kappa shape index (κ2) is 7.60. The van der Waals surface area contributed by atoms with Crippen molar-refractivity contribution < 1.29 is 18.8 Å². The molecular weight excluding hydrogens is 324 g/mol. The molecule has 2 aromatic rings. The van der Waals surface area contributed by atoms with E-state index in [2.05, 4.69) is 20.4 Å². The maximum Gasteiger partial charge on any atom is 0.408 e. The number of carbonyl (C=O) groups excluding carboxylic acids is 1. The van der Waals surface area contributed by atoms with E-state index in [4.69, 9.17) is 14.0 Å². The van der Waals surface area contributed by atoms with Crippen LogP contribution in [0.4, 0.5) is 4.79 Å². The third kappa shape index (κ3) is 5.25. The summed E-state index contributed by atoms with van der Waals surface area (Å²) in [6.45, 7) is 9.03. The van der Waals surface area contributed by atoms with Gasteiger partial charge in [0, 0.05) is 18.9 Å². The summed E-state index contributed by atoms with van der Waals surface area (Å²) in [5.41, 5.74) is 0.953. The molecule has 2 rings (SSSR count). The molecule has 0 aliphatic heterocycles. The van der Waals surface area contributed by atoms with Gasteiger partial charge < -0.3 is 19.3 Å². The molecule has 0 spiro atoms. The number of hydrogen-bond donors (Lipinski definition) is 1. The van der Waals surface area contributed by atoms with Gasteiger partial charge in [-0.3, -0.25) is 4.98 Å². The number of amides is 1. The lowest BCUT2D eigenvalue weighted by Gasteiger charge is -2.20. The summed E-state index contributed by atoms with van der Waals surface area (Å²) in [7, 11) is 1.62. The van der Waals surface area contributed by atoms with Crippen molar-refractivity contribution in [3.63, 3.8) is 0 Å². The molecule has 8 heteroatoms. The van der Waals surface area contributed by atoms with Gasteiger partial charge in [-0.25, -0.2) is 4.79 Å². The van der Waals surface area contributed by atoms with E-state index in [-0.39, 0.29) is 6.10 Å². The van der Waals surface area contributed by atoms with Crippen LogP contribution in [-0.4, -0.2) is 33.9 Å². The molecule has 0 fully saturated rings. The van der Waals surface area contributed by atoms with Gasteiger partial charge in [-0.15, -0.1) is 0 Å². The van der Waals surface area contributed by atoms with Crippen molar-refractivity contribution in [2.75, 3.05) is 7.11 Å². The normalized spacial score (nSPS) is 14.0. The van der Waals surface area contributed by atoms with Gasteiger partial charge in [0.25, 0.3) is 0 Å². The Morgan fingerprint density at radius 3 is 2.68 bits per heavy atom. The van der Waals surface area contributed by atoms with E-state index in [0.29, 0.717) is 11.7 Å². The summed E-state index contributed by atoms with van der Waals surface area (Å²) in [5.74, 6) is 0.707. The SMILES string of the molecule is CO[C@@H](C)c1cc(-c2noc([C@H](C)NC(=O)OC(C)(C)C)n2)ccn1. The van der Waals surface area contributed by atoms with Crippen LogP contribution in [0, 0.1) is 0 Å². The highest BCUT2D eigenvalue weighted by Gasteiger charge is 2.22. The Labute approximate surface area is 146 Å². The van der Waals surface area contributed by atoms with Gasteiger partial charge in [0.2, 0.25) is 11.7 Å². The predicted molar refractivity (Wildman–Crippen MR) is 90.7 cm³/mol. The fraction of sp³-hybridized carbons (Fsp3) is 0.529. The van der Waals surface area contributed by atoms with Crippen LogP contribution >= 0.6 is 0 Å². The first-order chi connectivity index (χ1) is 11.7. The van der Waals surface area contributed by atoms with Crippen LogP contribution in [0.3, 0.4) is 0 Å². The van der Waals surface area contributed by atoms with Gasteiger partial charge in [0.1, 0.15) is 11.6 Å². The summed E-state index contributed by atoms with van der Waals surface area (Å²) in [4.78, 5) is 20.4. The van der Waals surface area contributed by atoms with Crippen LogP contribution in [-0.2, 0) is 9.47 Å². The topological polar surface area (TPSA) is 99.4 Å². The quantitative estimate of drug-likeness (QED) is 0.883. The summed E-state index contributed by atoms with van der Waals surface area (Å²) < 4.78 is 15.7. The lowest BCUT2D eigenvalue weighted by molar-refractivity contribution is 0.0499. The average Bonchev–Trinajstić information content (AvgIpc) is 3.02. The largest absolute Gasteiger partial charge is 0.444 e. The first kappa shape index (κ1) is 18.9. The summed E-state index contributed by atoms with van der Waals surface area (Å²) in [5, 5.41) is 6.64. The van der Waals surface area contributed by atoms with Crippen molar-refractivity contribution in [1.82, 2.24) is 20.4 Å². The number of methoxy groups -OCH3 is 1. The van der Waals surface area contributed by atoms with Gasteiger partial charge in [-0.2, -0.15) is 4.98 Å². The molecule has 0 bridgehead atoms. The highest BCUT2D eigenvalue weighted by molar-refractivity contribution is 5.68. The molecular formula is C17H24N4O4. The Kier molecular flexibility index (Phi) is 5.73. The molecule has 2 heterocycles. The van der Waals surface area contributed by atoms with Crippen LogP contribution in [0.15, 0.2) is 22.9 Å². The summed E-state index contributed by atoms with van der Waals surface area (Å²) in [6, 6.07) is 3.15. The lowest BCUT2D eigenvalue weighted by Crippen LogP contribution is -2.34. The molecule has 8 nitrogen and oxygen atoms in total. The van der Waals surface area contributed by atoms with Crippen molar-refractivity contribution >= 4 is 6.09 Å². The van der Waals surface area contributed by atoms with Crippen molar-refractivity contribution in [3.8, 4) is 11.4 Å². The van der Waals surface area contributed by atoms with E-state index < -0.39 is 17.7 Å². The lowest BCUT2D eigenvalue weighted by atomic mass is 10.1. The molecule has 0 aliphatic rings. The Morgan fingerprint density at radius 2 is 2.04 bits per heavy atom. The number of alkyl carbamates (subject to hydrolysis) is 1. The van der Waals surface area contributed by atoms with Gasteiger partial charge >= 0.3 is 6.09 Å². The highest BCUT2D eigenvalue weighted by Crippen LogP contribution is 2.22. The average molecular weight is 348 g/mol. The Balaban J connectivity index is 2.10. The second-order valence-corrected chi connectivity index (χ2v) is 6.67. The third-order valence-electron chi connectivity index (χ3n) is 3.35. The van der Waals surface area contributed by atoms with Crippen molar-refractivity contribution in [3.05, 3.63) is 29.9 Å². The first-order valence-corrected chi connectivity index (χ1v) is 8.02. The van der Waals surface area contributed by atoms with E-state index in [0.717, 1.165) is 11.3 Å². The number of hydrogen-bond acceptors (Lipinski definition) is 7. The number of nitrogens with one attached hydrogen (secondary N) is 1. The minimum Gasteiger partial charge on any atom is -0.444 e. The number of nitrogens with zero attached hydrogens (tertiary/aromatic N) is 3. The van der Waals surface area contributed by atoms with Gasteiger partial charge in [-0.05, 0) is 46.8 Å². The fourth-order valence-corrected chi connectivity index (χ4v) is 2.00. The van der Waals surface area contributed by atoms with E-state index in [1.165, 1.54) is 0 Å². The molecule has 0 radical (unpaired) electrons. The number of ether oxygens (including phenoxy) is 2. The molecule has 0 saturated carbocycles. The Morgan fingerprint density at radius 1 is 1.32 bits per heavy atom. The number of carbonyl (C=O) groups is 1. The van der Waals surface area contributed by atoms with E-state index in [9.17, 15) is 4.79 Å². The van der Waals surface area contributed by atoms with E-state index in [1.54, 1.807) is 47.1 Å². The van der Waals surface area contributed by atoms with Crippen molar-refractivity contribution in [2.24, 2.45) is 0 Å². The minimum absolute atomic E-state index is 0.140. The van der Waals surface area contributed by atoms with Gasteiger partial charge in [0.05, 0.1) is 11.8 Å². The predicted octanol–water partition coefficient (Wildman–Crippen LogP) is 3.42. The zero-order valence-corrected chi connectivity index (χ0v) is 15.4. The molecule has 0 aromatic carbocycles. The molecule has 0 aliphatic carbocycles.